The minimum Gasteiger partial charge on any atom is -0.481 e. The molecule has 0 aromatic carbocycles. The number of hydroxylamine groups is 1. The summed E-state index contributed by atoms with van der Waals surface area (Å²) >= 11 is 0. The van der Waals surface area contributed by atoms with E-state index in [0.29, 0.717) is 6.42 Å². The van der Waals surface area contributed by atoms with Crippen LogP contribution in [0.2, 0.25) is 0 Å². The lowest BCUT2D eigenvalue weighted by Gasteiger charge is -2.41. The van der Waals surface area contributed by atoms with E-state index in [1.54, 1.807) is 21.3 Å². The molecule has 150 valence electrons. The Labute approximate surface area is 154 Å². The maximum Gasteiger partial charge on any atom is 0.306 e. The Kier molecular flexibility index (Phi) is 6.87. The van der Waals surface area contributed by atoms with Gasteiger partial charge in [0.25, 0.3) is 0 Å². The van der Waals surface area contributed by atoms with Gasteiger partial charge in [-0.15, -0.1) is 0 Å². The number of hydrogen-bond donors (Lipinski definition) is 3. The number of carboxylic acid groups (broad SMARTS) is 1. The van der Waals surface area contributed by atoms with Crippen LogP contribution < -0.4 is 10.8 Å². The summed E-state index contributed by atoms with van der Waals surface area (Å²) in [6.45, 7) is 0. The first kappa shape index (κ1) is 20.0. The number of ether oxygens (including phenoxy) is 3. The van der Waals surface area contributed by atoms with E-state index >= 15 is 0 Å². The Morgan fingerprint density at radius 1 is 1.00 bits per heavy atom. The quantitative estimate of drug-likeness (QED) is 0.638. The van der Waals surface area contributed by atoms with Gasteiger partial charge in [-0.25, -0.2) is 0 Å². The van der Waals surface area contributed by atoms with Gasteiger partial charge in [-0.1, -0.05) is 6.42 Å². The van der Waals surface area contributed by atoms with Crippen LogP contribution in [0.4, 0.5) is 0 Å². The van der Waals surface area contributed by atoms with Crippen LogP contribution in [0.5, 0.6) is 0 Å². The third-order valence-corrected chi connectivity index (χ3v) is 6.31. The molecule has 0 radical (unpaired) electrons. The van der Waals surface area contributed by atoms with Crippen molar-refractivity contribution in [3.8, 4) is 0 Å². The third-order valence-electron chi connectivity index (χ3n) is 6.31. The number of aliphatic carboxylic acids is 1. The van der Waals surface area contributed by atoms with Crippen LogP contribution >= 0.6 is 0 Å². The molecular weight excluding hydrogens is 340 g/mol. The number of hydrogen-bond acceptors (Lipinski definition) is 7. The Morgan fingerprint density at radius 2 is 1.69 bits per heavy atom. The van der Waals surface area contributed by atoms with Crippen LogP contribution in [-0.2, 0) is 23.8 Å². The molecule has 26 heavy (non-hydrogen) atoms. The molecule has 3 aliphatic rings. The molecule has 0 bridgehead atoms. The number of carbonyl (C=O) groups is 1. The average Bonchev–Trinajstić information content (AvgIpc) is 3.17. The zero-order chi connectivity index (χ0) is 18.7. The van der Waals surface area contributed by atoms with Crippen LogP contribution in [-0.4, -0.2) is 63.1 Å². The van der Waals surface area contributed by atoms with E-state index in [0.717, 1.165) is 32.1 Å². The molecule has 1 saturated heterocycles. The molecule has 8 heteroatoms. The first-order valence-corrected chi connectivity index (χ1v) is 9.55. The highest BCUT2D eigenvalue weighted by Crippen LogP contribution is 2.36. The Morgan fingerprint density at radius 3 is 2.27 bits per heavy atom. The smallest absolute Gasteiger partial charge is 0.306 e. The first-order valence-electron chi connectivity index (χ1n) is 9.55. The lowest BCUT2D eigenvalue weighted by molar-refractivity contribution is -0.157. The second kappa shape index (κ2) is 8.95. The van der Waals surface area contributed by atoms with Gasteiger partial charge in [0.2, 0.25) is 0 Å². The predicted molar refractivity (Wildman–Crippen MR) is 93.1 cm³/mol. The first-order chi connectivity index (χ1) is 12.6. The van der Waals surface area contributed by atoms with E-state index in [2.05, 4.69) is 10.8 Å². The fourth-order valence-corrected chi connectivity index (χ4v) is 4.82. The summed E-state index contributed by atoms with van der Waals surface area (Å²) in [5, 5.41) is 12.8. The standard InChI is InChI=1S/C18H32N2O6/c1-23-13-8-12(9-14(24-2)15(13)25-3)17-19-16(20-26-17)10-5-4-6-11(7-10)18(21)22/h10-17,19-20H,4-9H2,1-3H3,(H,21,22). The fourth-order valence-electron chi connectivity index (χ4n) is 4.82. The average molecular weight is 372 g/mol. The highest BCUT2D eigenvalue weighted by Gasteiger charge is 2.45. The van der Waals surface area contributed by atoms with Crippen molar-refractivity contribution in [1.82, 2.24) is 10.8 Å². The van der Waals surface area contributed by atoms with Crippen LogP contribution in [0.1, 0.15) is 38.5 Å². The number of nitrogens with one attached hydrogen (secondary N) is 2. The maximum absolute atomic E-state index is 11.3. The molecule has 2 saturated carbocycles. The topological polar surface area (TPSA) is 98.3 Å². The SMILES string of the molecule is COC1CC(C2NC(C3CCCC(C(=O)O)C3)NO2)CC(OC)C1OC. The molecular formula is C18H32N2O6. The number of methoxy groups -OCH3 is 3. The number of rotatable bonds is 6. The Bertz CT molecular complexity index is 465. The van der Waals surface area contributed by atoms with Gasteiger partial charge in [-0.2, -0.15) is 5.48 Å². The molecule has 3 N–H and O–H groups in total. The summed E-state index contributed by atoms with van der Waals surface area (Å²) < 4.78 is 16.8. The Balaban J connectivity index is 1.58. The summed E-state index contributed by atoms with van der Waals surface area (Å²) in [6, 6.07) is 0. The summed E-state index contributed by atoms with van der Waals surface area (Å²) in [4.78, 5) is 17.2. The second-order valence-electron chi connectivity index (χ2n) is 7.74. The van der Waals surface area contributed by atoms with Crippen molar-refractivity contribution in [3.63, 3.8) is 0 Å². The zero-order valence-electron chi connectivity index (χ0n) is 15.8. The minimum absolute atomic E-state index is 0.00992. The van der Waals surface area contributed by atoms with E-state index in [-0.39, 0.29) is 48.5 Å². The highest BCUT2D eigenvalue weighted by atomic mass is 16.7. The highest BCUT2D eigenvalue weighted by molar-refractivity contribution is 5.70. The van der Waals surface area contributed by atoms with Gasteiger partial charge in [0.15, 0.2) is 0 Å². The normalized spacial score (nSPS) is 44.1. The van der Waals surface area contributed by atoms with Crippen molar-refractivity contribution in [1.29, 1.82) is 0 Å². The molecule has 0 aromatic heterocycles. The molecule has 0 aromatic rings. The summed E-state index contributed by atoms with van der Waals surface area (Å²) in [7, 11) is 5.08. The van der Waals surface area contributed by atoms with Crippen LogP contribution in [0.3, 0.4) is 0 Å². The predicted octanol–water partition coefficient (Wildman–Crippen LogP) is 1.11. The molecule has 6 atom stereocenters. The monoisotopic (exact) mass is 372 g/mol. The van der Waals surface area contributed by atoms with Gasteiger partial charge in [-0.3, -0.25) is 14.9 Å². The second-order valence-corrected chi connectivity index (χ2v) is 7.74. The molecule has 8 nitrogen and oxygen atoms in total. The van der Waals surface area contributed by atoms with Crippen molar-refractivity contribution in [2.45, 2.75) is 69.2 Å². The van der Waals surface area contributed by atoms with Gasteiger partial charge in [0.1, 0.15) is 12.3 Å². The molecule has 1 heterocycles. The van der Waals surface area contributed by atoms with E-state index < -0.39 is 5.97 Å². The molecule has 6 unspecified atom stereocenters. The zero-order valence-corrected chi connectivity index (χ0v) is 15.8. The molecule has 2 aliphatic carbocycles. The number of carboxylic acids is 1. The van der Waals surface area contributed by atoms with E-state index in [9.17, 15) is 9.90 Å². The summed E-state index contributed by atoms with van der Waals surface area (Å²) in [5.41, 5.74) is 3.11. The van der Waals surface area contributed by atoms with Crippen molar-refractivity contribution in [2.75, 3.05) is 21.3 Å². The summed E-state index contributed by atoms with van der Waals surface area (Å²) in [6.07, 6.45) is 4.75. The van der Waals surface area contributed by atoms with Gasteiger partial charge >= 0.3 is 5.97 Å². The lowest BCUT2D eigenvalue weighted by Crippen LogP contribution is -2.52. The van der Waals surface area contributed by atoms with Crippen molar-refractivity contribution in [3.05, 3.63) is 0 Å². The fraction of sp³-hybridized carbons (Fsp3) is 0.944. The van der Waals surface area contributed by atoms with Crippen LogP contribution in [0.25, 0.3) is 0 Å². The lowest BCUT2D eigenvalue weighted by atomic mass is 9.79. The van der Waals surface area contributed by atoms with Gasteiger partial charge in [-0.05, 0) is 38.0 Å². The largest absolute Gasteiger partial charge is 0.481 e. The van der Waals surface area contributed by atoms with Crippen LogP contribution in [0, 0.1) is 17.8 Å². The van der Waals surface area contributed by atoms with Crippen molar-refractivity contribution >= 4 is 5.97 Å². The van der Waals surface area contributed by atoms with Crippen LogP contribution in [0.15, 0.2) is 0 Å². The van der Waals surface area contributed by atoms with E-state index in [4.69, 9.17) is 19.0 Å². The molecule has 1 aliphatic heterocycles. The van der Waals surface area contributed by atoms with Gasteiger partial charge in [0, 0.05) is 27.2 Å². The molecule has 0 amide bonds. The molecule has 0 spiro atoms. The third kappa shape index (κ3) is 4.21. The van der Waals surface area contributed by atoms with E-state index in [1.165, 1.54) is 0 Å². The van der Waals surface area contributed by atoms with Crippen molar-refractivity contribution < 1.29 is 28.9 Å². The van der Waals surface area contributed by atoms with Crippen molar-refractivity contribution in [2.24, 2.45) is 17.8 Å². The molecule has 3 fully saturated rings. The Hall–Kier alpha value is -0.770. The minimum atomic E-state index is -0.686. The van der Waals surface area contributed by atoms with E-state index in [1.807, 2.05) is 0 Å². The van der Waals surface area contributed by atoms with Gasteiger partial charge < -0.3 is 19.3 Å². The maximum atomic E-state index is 11.3. The van der Waals surface area contributed by atoms with Gasteiger partial charge in [0.05, 0.1) is 24.3 Å². The molecule has 3 rings (SSSR count). The summed E-state index contributed by atoms with van der Waals surface area (Å²) in [5.74, 6) is -0.438.